The molecule has 0 unspecified atom stereocenters. The van der Waals surface area contributed by atoms with Gasteiger partial charge in [-0.05, 0) is 47.2 Å². The van der Waals surface area contributed by atoms with Gasteiger partial charge in [0.05, 0.1) is 10.6 Å². The van der Waals surface area contributed by atoms with Crippen molar-refractivity contribution in [2.24, 2.45) is 5.92 Å². The standard InChI is InChI=1S/C26H31NO4S2/c1-20(2)18-27(33(30,31)19-22-8-6-5-7-9-22)21(3)23-10-12-24(13-11-23)25-14-16-26(17-15-25)32(4,28)29/h5-17,20-21H,18-19H2,1-4H3/t21-/m0/s1. The highest BCUT2D eigenvalue weighted by Crippen LogP contribution is 2.29. The van der Waals surface area contributed by atoms with Gasteiger partial charge in [-0.15, -0.1) is 0 Å². The van der Waals surface area contributed by atoms with Crippen LogP contribution in [-0.4, -0.2) is 33.9 Å². The summed E-state index contributed by atoms with van der Waals surface area (Å²) in [5.74, 6) is 0.154. The molecule has 3 aromatic rings. The van der Waals surface area contributed by atoms with E-state index in [-0.39, 0.29) is 22.6 Å². The van der Waals surface area contributed by atoms with Crippen LogP contribution in [0.1, 0.15) is 37.9 Å². The predicted molar refractivity (Wildman–Crippen MR) is 134 cm³/mol. The van der Waals surface area contributed by atoms with Crippen LogP contribution in [0.4, 0.5) is 0 Å². The normalized spacial score (nSPS) is 13.4. The summed E-state index contributed by atoms with van der Waals surface area (Å²) < 4.78 is 51.6. The highest BCUT2D eigenvalue weighted by Gasteiger charge is 2.29. The van der Waals surface area contributed by atoms with Crippen molar-refractivity contribution in [1.82, 2.24) is 4.31 Å². The van der Waals surface area contributed by atoms with E-state index in [1.54, 1.807) is 28.6 Å². The third kappa shape index (κ3) is 6.53. The van der Waals surface area contributed by atoms with Crippen LogP contribution in [0.5, 0.6) is 0 Å². The van der Waals surface area contributed by atoms with Crippen LogP contribution in [0.2, 0.25) is 0 Å². The zero-order valence-electron chi connectivity index (χ0n) is 19.5. The van der Waals surface area contributed by atoms with Gasteiger partial charge in [0, 0.05) is 18.8 Å². The molecule has 0 saturated heterocycles. The molecular formula is C26H31NO4S2. The fourth-order valence-corrected chi connectivity index (χ4v) is 6.29. The summed E-state index contributed by atoms with van der Waals surface area (Å²) in [4.78, 5) is 0.282. The van der Waals surface area contributed by atoms with Crippen LogP contribution in [-0.2, 0) is 25.6 Å². The number of hydrogen-bond donors (Lipinski definition) is 0. The molecule has 33 heavy (non-hydrogen) atoms. The second-order valence-corrected chi connectivity index (χ2v) is 12.7. The number of benzene rings is 3. The first kappa shape index (κ1) is 25.1. The van der Waals surface area contributed by atoms with Crippen LogP contribution >= 0.6 is 0 Å². The van der Waals surface area contributed by atoms with Gasteiger partial charge in [0.1, 0.15) is 0 Å². The van der Waals surface area contributed by atoms with Gasteiger partial charge < -0.3 is 0 Å². The Morgan fingerprint density at radius 2 is 1.24 bits per heavy atom. The highest BCUT2D eigenvalue weighted by molar-refractivity contribution is 7.90. The Morgan fingerprint density at radius 3 is 1.73 bits per heavy atom. The maximum atomic E-state index is 13.3. The van der Waals surface area contributed by atoms with E-state index in [9.17, 15) is 16.8 Å². The van der Waals surface area contributed by atoms with Crippen molar-refractivity contribution in [3.8, 4) is 11.1 Å². The summed E-state index contributed by atoms with van der Waals surface area (Å²) in [6, 6.07) is 23.5. The average molecular weight is 486 g/mol. The Labute approximate surface area is 198 Å². The highest BCUT2D eigenvalue weighted by atomic mass is 32.2. The molecule has 0 aromatic heterocycles. The topological polar surface area (TPSA) is 71.5 Å². The van der Waals surface area contributed by atoms with Gasteiger partial charge in [-0.25, -0.2) is 16.8 Å². The Balaban J connectivity index is 1.85. The van der Waals surface area contributed by atoms with Gasteiger partial charge in [-0.1, -0.05) is 80.6 Å². The van der Waals surface area contributed by atoms with Gasteiger partial charge in [-0.2, -0.15) is 4.31 Å². The van der Waals surface area contributed by atoms with E-state index in [0.717, 1.165) is 22.3 Å². The Kier molecular flexibility index (Phi) is 7.77. The zero-order chi connectivity index (χ0) is 24.2. The fourth-order valence-electron chi connectivity index (χ4n) is 3.76. The molecule has 1 atom stereocenters. The number of nitrogens with zero attached hydrogens (tertiary/aromatic N) is 1. The van der Waals surface area contributed by atoms with Gasteiger partial charge in [0.2, 0.25) is 10.0 Å². The van der Waals surface area contributed by atoms with E-state index in [1.807, 2.05) is 75.4 Å². The van der Waals surface area contributed by atoms with Crippen LogP contribution < -0.4 is 0 Å². The van der Waals surface area contributed by atoms with Gasteiger partial charge in [0.25, 0.3) is 0 Å². The van der Waals surface area contributed by atoms with E-state index < -0.39 is 19.9 Å². The van der Waals surface area contributed by atoms with Crippen molar-refractivity contribution in [2.45, 2.75) is 37.5 Å². The van der Waals surface area contributed by atoms with Gasteiger partial charge in [-0.3, -0.25) is 0 Å². The molecule has 0 fully saturated rings. The third-order valence-corrected chi connectivity index (χ3v) is 8.54. The van der Waals surface area contributed by atoms with Crippen molar-refractivity contribution in [1.29, 1.82) is 0 Å². The number of sulfonamides is 1. The molecule has 0 bridgehead atoms. The molecule has 176 valence electrons. The number of hydrogen-bond acceptors (Lipinski definition) is 4. The Morgan fingerprint density at radius 1 is 0.727 bits per heavy atom. The van der Waals surface area contributed by atoms with Crippen molar-refractivity contribution in [3.63, 3.8) is 0 Å². The van der Waals surface area contributed by atoms with Crippen molar-refractivity contribution in [2.75, 3.05) is 12.8 Å². The molecule has 5 nitrogen and oxygen atoms in total. The fraction of sp³-hybridized carbons (Fsp3) is 0.308. The molecule has 0 radical (unpaired) electrons. The van der Waals surface area contributed by atoms with E-state index in [2.05, 4.69) is 0 Å². The first-order valence-electron chi connectivity index (χ1n) is 10.9. The molecule has 7 heteroatoms. The molecule has 0 aliphatic heterocycles. The minimum Gasteiger partial charge on any atom is -0.224 e. The summed E-state index contributed by atoms with van der Waals surface area (Å²) in [6.45, 7) is 6.38. The number of sulfone groups is 1. The first-order chi connectivity index (χ1) is 15.5. The second-order valence-electron chi connectivity index (χ2n) is 8.80. The molecule has 0 amide bonds. The Bertz CT molecular complexity index is 1270. The molecule has 0 aliphatic carbocycles. The summed E-state index contributed by atoms with van der Waals surface area (Å²) in [5, 5.41) is 0. The van der Waals surface area contributed by atoms with Crippen molar-refractivity contribution < 1.29 is 16.8 Å². The molecule has 3 aromatic carbocycles. The maximum Gasteiger partial charge on any atom is 0.218 e. The van der Waals surface area contributed by atoms with Gasteiger partial charge in [0.15, 0.2) is 9.84 Å². The minimum atomic E-state index is -3.52. The quantitative estimate of drug-likeness (QED) is 0.412. The summed E-state index contributed by atoms with van der Waals surface area (Å²) in [6.07, 6.45) is 1.19. The molecule has 3 rings (SSSR count). The lowest BCUT2D eigenvalue weighted by Gasteiger charge is -2.30. The van der Waals surface area contributed by atoms with Gasteiger partial charge >= 0.3 is 0 Å². The van der Waals surface area contributed by atoms with E-state index >= 15 is 0 Å². The SMILES string of the molecule is CC(C)CN([C@@H](C)c1ccc(-c2ccc(S(C)(=O)=O)cc2)cc1)S(=O)(=O)Cc1ccccc1. The molecule has 0 heterocycles. The number of rotatable bonds is 9. The predicted octanol–water partition coefficient (Wildman–Crippen LogP) is 5.31. The van der Waals surface area contributed by atoms with Crippen LogP contribution in [0.3, 0.4) is 0 Å². The molecule has 0 saturated carbocycles. The Hall–Kier alpha value is -2.48. The maximum absolute atomic E-state index is 13.3. The van der Waals surface area contributed by atoms with E-state index in [0.29, 0.717) is 6.54 Å². The monoisotopic (exact) mass is 485 g/mol. The third-order valence-electron chi connectivity index (χ3n) is 5.54. The molecule has 0 spiro atoms. The van der Waals surface area contributed by atoms with Crippen LogP contribution in [0.25, 0.3) is 11.1 Å². The molecule has 0 aliphatic rings. The first-order valence-corrected chi connectivity index (χ1v) is 14.4. The van der Waals surface area contributed by atoms with Crippen LogP contribution in [0.15, 0.2) is 83.8 Å². The molecule has 0 N–H and O–H groups in total. The minimum absolute atomic E-state index is 0.0321. The smallest absolute Gasteiger partial charge is 0.218 e. The zero-order valence-corrected chi connectivity index (χ0v) is 21.1. The summed E-state index contributed by atoms with van der Waals surface area (Å²) in [5.41, 5.74) is 3.51. The average Bonchev–Trinajstić information content (AvgIpc) is 2.77. The molecular weight excluding hydrogens is 454 g/mol. The van der Waals surface area contributed by atoms with Crippen LogP contribution in [0, 0.1) is 5.92 Å². The van der Waals surface area contributed by atoms with E-state index in [4.69, 9.17) is 0 Å². The summed E-state index contributed by atoms with van der Waals surface area (Å²) in [7, 11) is -6.76. The second kappa shape index (κ2) is 10.2. The van der Waals surface area contributed by atoms with Crippen molar-refractivity contribution >= 4 is 19.9 Å². The lowest BCUT2D eigenvalue weighted by atomic mass is 10.0. The lowest BCUT2D eigenvalue weighted by molar-refractivity contribution is 0.308. The van der Waals surface area contributed by atoms with Crippen molar-refractivity contribution in [3.05, 3.63) is 90.0 Å². The lowest BCUT2D eigenvalue weighted by Crippen LogP contribution is -2.37. The van der Waals surface area contributed by atoms with E-state index in [1.165, 1.54) is 6.26 Å². The largest absolute Gasteiger partial charge is 0.224 e. The summed E-state index contributed by atoms with van der Waals surface area (Å²) >= 11 is 0.